The number of hydrogen-bond acceptors (Lipinski definition) is 2. The van der Waals surface area contributed by atoms with Gasteiger partial charge in [-0.1, -0.05) is 19.9 Å². The Kier molecular flexibility index (Phi) is 3.06. The van der Waals surface area contributed by atoms with E-state index >= 15 is 0 Å². The van der Waals surface area contributed by atoms with Gasteiger partial charge in [0.1, 0.15) is 0 Å². The maximum atomic E-state index is 6.25. The van der Waals surface area contributed by atoms with E-state index < -0.39 is 0 Å². The summed E-state index contributed by atoms with van der Waals surface area (Å²) < 4.78 is 0. The molecule has 19 heavy (non-hydrogen) atoms. The lowest BCUT2D eigenvalue weighted by Crippen LogP contribution is -2.10. The van der Waals surface area contributed by atoms with Crippen molar-refractivity contribution in [3.05, 3.63) is 40.6 Å². The molecule has 100 valence electrons. The Hall–Kier alpha value is -1.41. The highest BCUT2D eigenvalue weighted by Crippen LogP contribution is 2.34. The first kappa shape index (κ1) is 12.6. The molecule has 0 amide bonds. The number of aryl methyl sites for hydroxylation is 1. The fourth-order valence-corrected chi connectivity index (χ4v) is 3.20. The van der Waals surface area contributed by atoms with Crippen molar-refractivity contribution < 1.29 is 0 Å². The highest BCUT2D eigenvalue weighted by molar-refractivity contribution is 5.85. The van der Waals surface area contributed by atoms with Crippen molar-refractivity contribution >= 4 is 10.9 Å². The zero-order valence-electron chi connectivity index (χ0n) is 12.0. The summed E-state index contributed by atoms with van der Waals surface area (Å²) in [4.78, 5) is 4.84. The van der Waals surface area contributed by atoms with Gasteiger partial charge in [-0.15, -0.1) is 0 Å². The van der Waals surface area contributed by atoms with Crippen molar-refractivity contribution in [1.82, 2.24) is 4.98 Å². The summed E-state index contributed by atoms with van der Waals surface area (Å²) in [5, 5.41) is 1.27. The molecule has 2 heteroatoms. The van der Waals surface area contributed by atoms with Crippen LogP contribution in [0.5, 0.6) is 0 Å². The zero-order chi connectivity index (χ0) is 13.6. The first-order valence-corrected chi connectivity index (χ1v) is 7.29. The van der Waals surface area contributed by atoms with E-state index in [9.17, 15) is 0 Å². The standard InChI is InChI=1S/C17H22N2/c1-10(2)12-7-8-16-14(9-12)17(11(3)18)13-5-4-6-15(13)19-16/h7-11H,4-6,18H2,1-3H3. The fourth-order valence-electron chi connectivity index (χ4n) is 3.20. The van der Waals surface area contributed by atoms with Gasteiger partial charge in [-0.2, -0.15) is 0 Å². The van der Waals surface area contributed by atoms with Gasteiger partial charge < -0.3 is 5.73 Å². The maximum absolute atomic E-state index is 6.25. The number of benzene rings is 1. The second-order valence-electron chi connectivity index (χ2n) is 6.02. The Morgan fingerprint density at radius 2 is 1.95 bits per heavy atom. The summed E-state index contributed by atoms with van der Waals surface area (Å²) in [6.45, 7) is 6.55. The molecule has 2 nitrogen and oxygen atoms in total. The van der Waals surface area contributed by atoms with Crippen LogP contribution in [0.25, 0.3) is 10.9 Å². The molecule has 0 spiro atoms. The first-order chi connectivity index (χ1) is 9.08. The van der Waals surface area contributed by atoms with Gasteiger partial charge in [0, 0.05) is 17.1 Å². The van der Waals surface area contributed by atoms with E-state index in [0.717, 1.165) is 18.4 Å². The van der Waals surface area contributed by atoms with Gasteiger partial charge in [0.15, 0.2) is 0 Å². The van der Waals surface area contributed by atoms with E-state index in [1.54, 1.807) is 0 Å². The normalized spacial score (nSPS) is 16.1. The Bertz CT molecular complexity index is 627. The Morgan fingerprint density at radius 1 is 1.16 bits per heavy atom. The largest absolute Gasteiger partial charge is 0.324 e. The third-order valence-electron chi connectivity index (χ3n) is 4.20. The number of rotatable bonds is 2. The number of nitrogens with two attached hydrogens (primary N) is 1. The van der Waals surface area contributed by atoms with Crippen molar-refractivity contribution in [2.75, 3.05) is 0 Å². The van der Waals surface area contributed by atoms with Gasteiger partial charge in [-0.25, -0.2) is 0 Å². The van der Waals surface area contributed by atoms with Crippen LogP contribution < -0.4 is 5.73 Å². The molecular weight excluding hydrogens is 232 g/mol. The molecular formula is C17H22N2. The number of pyridine rings is 1. The van der Waals surface area contributed by atoms with Gasteiger partial charge >= 0.3 is 0 Å². The van der Waals surface area contributed by atoms with Crippen LogP contribution in [-0.2, 0) is 12.8 Å². The first-order valence-electron chi connectivity index (χ1n) is 7.29. The van der Waals surface area contributed by atoms with E-state index in [1.807, 2.05) is 0 Å². The molecule has 0 bridgehead atoms. The average molecular weight is 254 g/mol. The summed E-state index contributed by atoms with van der Waals surface area (Å²) >= 11 is 0. The van der Waals surface area contributed by atoms with Crippen LogP contribution in [0.15, 0.2) is 18.2 Å². The highest BCUT2D eigenvalue weighted by atomic mass is 14.7. The molecule has 1 aliphatic carbocycles. The van der Waals surface area contributed by atoms with E-state index in [1.165, 1.54) is 34.2 Å². The van der Waals surface area contributed by atoms with Crippen molar-refractivity contribution in [3.8, 4) is 0 Å². The van der Waals surface area contributed by atoms with Crippen molar-refractivity contribution in [2.45, 2.75) is 52.0 Å². The smallest absolute Gasteiger partial charge is 0.0709 e. The van der Waals surface area contributed by atoms with Crippen LogP contribution in [0.1, 0.15) is 61.5 Å². The predicted octanol–water partition coefficient (Wildman–Crippen LogP) is 3.87. The quantitative estimate of drug-likeness (QED) is 0.883. The zero-order valence-corrected chi connectivity index (χ0v) is 12.0. The van der Waals surface area contributed by atoms with Crippen LogP contribution in [0.2, 0.25) is 0 Å². The van der Waals surface area contributed by atoms with Crippen LogP contribution >= 0.6 is 0 Å². The van der Waals surface area contributed by atoms with Gasteiger partial charge in [-0.3, -0.25) is 4.98 Å². The van der Waals surface area contributed by atoms with Gasteiger partial charge in [0.05, 0.1) is 5.52 Å². The second-order valence-corrected chi connectivity index (χ2v) is 6.02. The van der Waals surface area contributed by atoms with Crippen molar-refractivity contribution in [2.24, 2.45) is 5.73 Å². The second kappa shape index (κ2) is 4.61. The summed E-state index contributed by atoms with van der Waals surface area (Å²) in [5.74, 6) is 0.540. The van der Waals surface area contributed by atoms with Gasteiger partial charge in [0.2, 0.25) is 0 Å². The van der Waals surface area contributed by atoms with E-state index in [0.29, 0.717) is 5.92 Å². The van der Waals surface area contributed by atoms with E-state index in [-0.39, 0.29) is 6.04 Å². The molecule has 3 rings (SSSR count). The van der Waals surface area contributed by atoms with Gasteiger partial charge in [0.25, 0.3) is 0 Å². The van der Waals surface area contributed by atoms with Crippen LogP contribution in [0.3, 0.4) is 0 Å². The number of fused-ring (bicyclic) bond motifs is 2. The minimum atomic E-state index is 0.0831. The number of hydrogen-bond donors (Lipinski definition) is 1. The summed E-state index contributed by atoms with van der Waals surface area (Å²) in [6.07, 6.45) is 3.47. The molecule has 0 saturated heterocycles. The minimum Gasteiger partial charge on any atom is -0.324 e. The summed E-state index contributed by atoms with van der Waals surface area (Å²) in [7, 11) is 0. The molecule has 0 fully saturated rings. The number of aromatic nitrogens is 1. The maximum Gasteiger partial charge on any atom is 0.0709 e. The monoisotopic (exact) mass is 254 g/mol. The molecule has 2 N–H and O–H groups in total. The lowest BCUT2D eigenvalue weighted by Gasteiger charge is -2.17. The third-order valence-corrected chi connectivity index (χ3v) is 4.20. The lowest BCUT2D eigenvalue weighted by atomic mass is 9.93. The Balaban J connectivity index is 2.33. The Labute approximate surface area is 115 Å². The molecule has 1 aromatic carbocycles. The Morgan fingerprint density at radius 3 is 2.63 bits per heavy atom. The molecule has 0 saturated carbocycles. The molecule has 1 unspecified atom stereocenters. The molecule has 2 aromatic rings. The van der Waals surface area contributed by atoms with Crippen LogP contribution in [0, 0.1) is 0 Å². The van der Waals surface area contributed by atoms with Crippen molar-refractivity contribution in [3.63, 3.8) is 0 Å². The third kappa shape index (κ3) is 2.04. The molecule has 0 radical (unpaired) electrons. The number of nitrogens with zero attached hydrogens (tertiary/aromatic N) is 1. The predicted molar refractivity (Wildman–Crippen MR) is 80.5 cm³/mol. The highest BCUT2D eigenvalue weighted by Gasteiger charge is 2.21. The molecule has 1 aromatic heterocycles. The van der Waals surface area contributed by atoms with Gasteiger partial charge in [-0.05, 0) is 60.9 Å². The molecule has 1 heterocycles. The van der Waals surface area contributed by atoms with Crippen LogP contribution in [0.4, 0.5) is 0 Å². The molecule has 0 aliphatic heterocycles. The fraction of sp³-hybridized carbons (Fsp3) is 0.471. The van der Waals surface area contributed by atoms with Crippen LogP contribution in [-0.4, -0.2) is 4.98 Å². The SMILES string of the molecule is CC(C)c1ccc2nc3c(c(C(C)N)c2c1)CCC3. The topological polar surface area (TPSA) is 38.9 Å². The lowest BCUT2D eigenvalue weighted by molar-refractivity contribution is 0.805. The average Bonchev–Trinajstić information content (AvgIpc) is 2.81. The van der Waals surface area contributed by atoms with Crippen molar-refractivity contribution in [1.29, 1.82) is 0 Å². The van der Waals surface area contributed by atoms with E-state index in [2.05, 4.69) is 39.0 Å². The minimum absolute atomic E-state index is 0.0831. The molecule has 1 atom stereocenters. The van der Waals surface area contributed by atoms with E-state index in [4.69, 9.17) is 10.7 Å². The summed E-state index contributed by atoms with van der Waals surface area (Å²) in [5.41, 5.74) is 12.8. The summed E-state index contributed by atoms with van der Waals surface area (Å²) in [6, 6.07) is 6.74. The molecule has 1 aliphatic rings.